The van der Waals surface area contributed by atoms with Crippen LogP contribution in [0.2, 0.25) is 0 Å². The third-order valence-corrected chi connectivity index (χ3v) is 5.98. The van der Waals surface area contributed by atoms with Crippen LogP contribution in [0.25, 0.3) is 0 Å². The molecular weight excluding hydrogens is 446 g/mol. The van der Waals surface area contributed by atoms with Gasteiger partial charge in [-0.3, -0.25) is 4.79 Å². The molecule has 4 heteroatoms. The van der Waals surface area contributed by atoms with Gasteiger partial charge in [0.2, 0.25) is 0 Å². The van der Waals surface area contributed by atoms with Crippen molar-refractivity contribution in [3.8, 4) is 0 Å². The monoisotopic (exact) mass is 487 g/mol. The van der Waals surface area contributed by atoms with Gasteiger partial charge in [0.1, 0.15) is 6.10 Å². The number of hydrogen-bond acceptors (Lipinski definition) is 3. The van der Waals surface area contributed by atoms with E-state index < -0.39 is 12.2 Å². The van der Waals surface area contributed by atoms with Crippen molar-refractivity contribution in [2.24, 2.45) is 0 Å². The van der Waals surface area contributed by atoms with E-state index in [1.807, 2.05) is 79.8 Å². The second-order valence-electron chi connectivity index (χ2n) is 8.90. The van der Waals surface area contributed by atoms with E-state index in [0.29, 0.717) is 0 Å². The first kappa shape index (κ1) is 28.8. The van der Waals surface area contributed by atoms with Crippen LogP contribution in [-0.2, 0) is 9.53 Å². The van der Waals surface area contributed by atoms with Gasteiger partial charge < -0.3 is 4.74 Å². The highest BCUT2D eigenvalue weighted by molar-refractivity contribution is 6.00. The fourth-order valence-electron chi connectivity index (χ4n) is 3.97. The molecule has 0 aliphatic carbocycles. The van der Waals surface area contributed by atoms with E-state index in [1.165, 1.54) is 51.0 Å². The number of hydrogen-bond donors (Lipinski definition) is 0. The Bertz CT molecular complexity index is 953. The molecule has 4 nitrogen and oxygen atoms in total. The lowest BCUT2D eigenvalue weighted by Gasteiger charge is -2.17. The maximum absolute atomic E-state index is 12.5. The van der Waals surface area contributed by atoms with Crippen molar-refractivity contribution >= 4 is 12.0 Å². The average Bonchev–Trinajstić information content (AvgIpc) is 3.19. The van der Waals surface area contributed by atoms with Crippen LogP contribution < -0.4 is 0 Å². The molecule has 1 aromatic carbocycles. The summed E-state index contributed by atoms with van der Waals surface area (Å²) in [5.41, 5.74) is 0.880. The molecule has 1 fully saturated rings. The zero-order valence-electron chi connectivity index (χ0n) is 21.8. The number of nitrogens with zero attached hydrogens (tertiary/aromatic N) is 1. The highest BCUT2D eigenvalue weighted by Gasteiger charge is 2.42. The van der Waals surface area contributed by atoms with Gasteiger partial charge in [0.05, 0.1) is 6.04 Å². The lowest BCUT2D eigenvalue weighted by molar-refractivity contribution is -0.124. The number of unbranched alkanes of at least 4 members (excludes halogenated alkanes) is 7. The van der Waals surface area contributed by atoms with Gasteiger partial charge in [-0.15, -0.1) is 0 Å². The lowest BCUT2D eigenvalue weighted by atomic mass is 10.0. The van der Waals surface area contributed by atoms with E-state index in [1.54, 1.807) is 12.2 Å². The highest BCUT2D eigenvalue weighted by atomic mass is 16.6. The molecule has 2 amide bonds. The third-order valence-electron chi connectivity index (χ3n) is 5.98. The maximum atomic E-state index is 12.5. The number of amides is 2. The summed E-state index contributed by atoms with van der Waals surface area (Å²) in [7, 11) is 0. The Morgan fingerprint density at radius 3 is 2.00 bits per heavy atom. The topological polar surface area (TPSA) is 46.6 Å². The van der Waals surface area contributed by atoms with E-state index in [0.717, 1.165) is 16.9 Å². The number of cyclic esters (lactones) is 1. The lowest BCUT2D eigenvalue weighted by Crippen LogP contribution is -2.36. The SMILES string of the molecule is CCCCCCCCCC=CC=CC=CC=CC=CC=CC(=O)N1C(=O)OC(c2ccccc2)C1C. The minimum atomic E-state index is -0.610. The van der Waals surface area contributed by atoms with E-state index in [9.17, 15) is 9.59 Å². The van der Waals surface area contributed by atoms with Crippen LogP contribution in [0, 0.1) is 0 Å². The number of benzene rings is 1. The molecule has 0 bridgehead atoms. The van der Waals surface area contributed by atoms with E-state index in [4.69, 9.17) is 4.74 Å². The molecular formula is C32H41NO3. The summed E-state index contributed by atoms with van der Waals surface area (Å²) in [5, 5.41) is 0. The van der Waals surface area contributed by atoms with Gasteiger partial charge in [0.25, 0.3) is 5.91 Å². The Balaban J connectivity index is 1.62. The van der Waals surface area contributed by atoms with Crippen molar-refractivity contribution in [2.75, 3.05) is 0 Å². The van der Waals surface area contributed by atoms with Crippen molar-refractivity contribution in [3.05, 3.63) is 109 Å². The van der Waals surface area contributed by atoms with E-state index in [-0.39, 0.29) is 11.9 Å². The first-order valence-electron chi connectivity index (χ1n) is 13.2. The molecule has 0 N–H and O–H groups in total. The van der Waals surface area contributed by atoms with Crippen LogP contribution in [0.1, 0.15) is 76.9 Å². The first-order valence-corrected chi connectivity index (χ1v) is 13.2. The molecule has 1 aliphatic rings. The van der Waals surface area contributed by atoms with Crippen LogP contribution in [0.4, 0.5) is 4.79 Å². The Kier molecular flexibility index (Phi) is 14.4. The predicted octanol–water partition coefficient (Wildman–Crippen LogP) is 8.57. The quantitative estimate of drug-likeness (QED) is 0.141. The van der Waals surface area contributed by atoms with Crippen LogP contribution in [0.3, 0.4) is 0 Å². The van der Waals surface area contributed by atoms with Gasteiger partial charge in [-0.2, -0.15) is 0 Å². The summed E-state index contributed by atoms with van der Waals surface area (Å²) in [6.45, 7) is 4.07. The summed E-state index contributed by atoms with van der Waals surface area (Å²) < 4.78 is 5.42. The van der Waals surface area contributed by atoms with Crippen molar-refractivity contribution in [1.82, 2.24) is 4.90 Å². The average molecular weight is 488 g/mol. The van der Waals surface area contributed by atoms with Gasteiger partial charge >= 0.3 is 6.09 Å². The normalized spacial score (nSPS) is 18.8. The number of carbonyl (C=O) groups excluding carboxylic acids is 2. The van der Waals surface area contributed by atoms with Gasteiger partial charge in [-0.05, 0) is 25.3 Å². The van der Waals surface area contributed by atoms with Crippen LogP contribution in [0.15, 0.2) is 103 Å². The molecule has 0 radical (unpaired) electrons. The minimum absolute atomic E-state index is 0.366. The molecule has 2 atom stereocenters. The number of ether oxygens (including phenoxy) is 1. The maximum Gasteiger partial charge on any atom is 0.417 e. The Labute approximate surface area is 217 Å². The first-order chi connectivity index (χ1) is 17.6. The molecule has 0 aromatic heterocycles. The van der Waals surface area contributed by atoms with Crippen LogP contribution >= 0.6 is 0 Å². The Morgan fingerprint density at radius 1 is 0.806 bits per heavy atom. The summed E-state index contributed by atoms with van der Waals surface area (Å²) in [6, 6.07) is 9.10. The molecule has 36 heavy (non-hydrogen) atoms. The Morgan fingerprint density at radius 2 is 1.36 bits per heavy atom. The fraction of sp³-hybridized carbons (Fsp3) is 0.375. The molecule has 0 spiro atoms. The second kappa shape index (κ2) is 18.0. The molecule has 1 aromatic rings. The zero-order chi connectivity index (χ0) is 25.8. The standard InChI is InChI=1S/C32H41NO3/c1-3-4-5-6-7-8-9-10-11-12-13-14-15-16-17-18-19-20-24-27-30(34)33-28(2)31(36-32(33)35)29-25-22-21-23-26-29/h11-28,31H,3-10H2,1-2H3. The summed E-state index contributed by atoms with van der Waals surface area (Å²) in [4.78, 5) is 25.9. The molecule has 1 heterocycles. The molecule has 1 aliphatic heterocycles. The van der Waals surface area contributed by atoms with Crippen molar-refractivity contribution < 1.29 is 14.3 Å². The summed E-state index contributed by atoms with van der Waals surface area (Å²) in [5.74, 6) is -0.385. The largest absolute Gasteiger partial charge is 0.439 e. The van der Waals surface area contributed by atoms with Gasteiger partial charge in [-0.25, -0.2) is 9.69 Å². The summed E-state index contributed by atoms with van der Waals surface area (Å²) >= 11 is 0. The molecule has 1 saturated heterocycles. The number of imide groups is 1. The van der Waals surface area contributed by atoms with Gasteiger partial charge in [0, 0.05) is 6.08 Å². The fourth-order valence-corrected chi connectivity index (χ4v) is 3.97. The highest BCUT2D eigenvalue weighted by Crippen LogP contribution is 2.32. The number of allylic oxidation sites excluding steroid dienone is 11. The Hall–Kier alpha value is -3.40. The second-order valence-corrected chi connectivity index (χ2v) is 8.90. The van der Waals surface area contributed by atoms with E-state index >= 15 is 0 Å². The van der Waals surface area contributed by atoms with E-state index in [2.05, 4.69) is 19.1 Å². The van der Waals surface area contributed by atoms with Crippen molar-refractivity contribution in [3.63, 3.8) is 0 Å². The molecule has 0 saturated carbocycles. The molecule has 2 rings (SSSR count). The van der Waals surface area contributed by atoms with Gasteiger partial charge in [-0.1, -0.05) is 143 Å². The molecule has 2 unspecified atom stereocenters. The smallest absolute Gasteiger partial charge is 0.417 e. The zero-order valence-corrected chi connectivity index (χ0v) is 21.8. The number of carbonyl (C=O) groups is 2. The minimum Gasteiger partial charge on any atom is -0.439 e. The number of rotatable bonds is 15. The third kappa shape index (κ3) is 10.9. The molecule has 192 valence electrons. The van der Waals surface area contributed by atoms with Crippen LogP contribution in [0.5, 0.6) is 0 Å². The van der Waals surface area contributed by atoms with Gasteiger partial charge in [0.15, 0.2) is 0 Å². The van der Waals surface area contributed by atoms with Crippen molar-refractivity contribution in [2.45, 2.75) is 77.4 Å². The van der Waals surface area contributed by atoms with Crippen molar-refractivity contribution in [1.29, 1.82) is 0 Å². The summed E-state index contributed by atoms with van der Waals surface area (Å²) in [6.07, 6.45) is 32.2. The van der Waals surface area contributed by atoms with Crippen LogP contribution in [-0.4, -0.2) is 22.9 Å². The predicted molar refractivity (Wildman–Crippen MR) is 149 cm³/mol.